The van der Waals surface area contributed by atoms with Crippen LogP contribution in [0.4, 0.5) is 0 Å². The van der Waals surface area contributed by atoms with Gasteiger partial charge in [0, 0.05) is 5.92 Å². The van der Waals surface area contributed by atoms with Crippen LogP contribution in [0.5, 0.6) is 0 Å². The van der Waals surface area contributed by atoms with Crippen LogP contribution in [0, 0.1) is 41.4 Å². The van der Waals surface area contributed by atoms with Crippen molar-refractivity contribution >= 4 is 17.7 Å². The number of carbonyl (C=O) groups excluding carboxylic acids is 3. The van der Waals surface area contributed by atoms with E-state index in [4.69, 9.17) is 4.84 Å². The third kappa shape index (κ3) is 3.63. The minimum Gasteiger partial charge on any atom is -0.278 e. The second-order valence-electron chi connectivity index (χ2n) is 10.7. The maximum Gasteiger partial charge on any atom is 0.252 e. The molecule has 2 heterocycles. The van der Waals surface area contributed by atoms with Gasteiger partial charge in [-0.15, -0.1) is 13.2 Å². The molecule has 8 atom stereocenters. The van der Waals surface area contributed by atoms with Gasteiger partial charge in [0.15, 0.2) is 0 Å². The van der Waals surface area contributed by atoms with Gasteiger partial charge in [-0.25, -0.2) is 5.06 Å². The van der Waals surface area contributed by atoms with E-state index in [1.54, 1.807) is 0 Å². The third-order valence-corrected chi connectivity index (χ3v) is 8.53. The summed E-state index contributed by atoms with van der Waals surface area (Å²) in [6.07, 6.45) is 6.23. The standard InChI is InChI=1S/C28H34N2O4/c1-5-8-21-12-16(3)22-24(21)27(32)29(26(22)31)14-18-9-7-10-19(13-18)15-30-28(33)23-17(4)11-20(6-2)25(23)34-30/h5-7,9-10,13,16-17,20-25H,1-2,8,11-12,14-15H2,3-4H3. The lowest BCUT2D eigenvalue weighted by Gasteiger charge is -2.21. The average Bonchev–Trinajstić information content (AvgIpc) is 3.48. The number of nitrogens with zero attached hydrogens (tertiary/aromatic N) is 2. The maximum atomic E-state index is 13.2. The SMILES string of the molecule is C=CCC1CC(C)C2C(=O)N(Cc3cccc(CN4OC5C(C=C)CC(C)C5C4=O)c3)C(=O)C12. The first-order chi connectivity index (χ1) is 16.3. The van der Waals surface area contributed by atoms with E-state index in [1.807, 2.05) is 36.4 Å². The number of amides is 3. The minimum atomic E-state index is -0.224. The Balaban J connectivity index is 1.29. The minimum absolute atomic E-state index is 0.0345. The molecule has 0 spiro atoms. The summed E-state index contributed by atoms with van der Waals surface area (Å²) < 4.78 is 0. The zero-order valence-electron chi connectivity index (χ0n) is 20.1. The first kappa shape index (κ1) is 23.0. The van der Waals surface area contributed by atoms with E-state index in [0.717, 1.165) is 30.4 Å². The van der Waals surface area contributed by atoms with Crippen molar-refractivity contribution in [2.75, 3.05) is 0 Å². The molecule has 6 heteroatoms. The zero-order chi connectivity index (χ0) is 24.1. The molecular weight excluding hydrogens is 428 g/mol. The van der Waals surface area contributed by atoms with Crippen molar-refractivity contribution in [3.63, 3.8) is 0 Å². The smallest absolute Gasteiger partial charge is 0.252 e. The molecule has 3 amide bonds. The van der Waals surface area contributed by atoms with Crippen molar-refractivity contribution in [2.24, 2.45) is 41.4 Å². The zero-order valence-corrected chi connectivity index (χ0v) is 20.1. The van der Waals surface area contributed by atoms with Gasteiger partial charge in [-0.3, -0.25) is 24.1 Å². The molecule has 4 fully saturated rings. The molecule has 6 nitrogen and oxygen atoms in total. The monoisotopic (exact) mass is 462 g/mol. The molecule has 1 aromatic rings. The van der Waals surface area contributed by atoms with Crippen LogP contribution < -0.4 is 0 Å². The van der Waals surface area contributed by atoms with E-state index in [-0.39, 0.29) is 71.8 Å². The molecule has 4 aliphatic rings. The number of fused-ring (bicyclic) bond motifs is 2. The number of hydroxylamine groups is 2. The summed E-state index contributed by atoms with van der Waals surface area (Å²) in [7, 11) is 0. The van der Waals surface area contributed by atoms with E-state index in [0.29, 0.717) is 6.54 Å². The normalized spacial score (nSPS) is 36.8. The van der Waals surface area contributed by atoms with Crippen LogP contribution in [0.2, 0.25) is 0 Å². The first-order valence-corrected chi connectivity index (χ1v) is 12.5. The van der Waals surface area contributed by atoms with Gasteiger partial charge in [0.25, 0.3) is 5.91 Å². The van der Waals surface area contributed by atoms with E-state index in [1.165, 1.54) is 9.96 Å². The number of rotatable bonds is 7. The second-order valence-corrected chi connectivity index (χ2v) is 10.7. The Labute approximate surface area is 201 Å². The van der Waals surface area contributed by atoms with Crippen LogP contribution >= 0.6 is 0 Å². The van der Waals surface area contributed by atoms with Crippen molar-refractivity contribution in [3.8, 4) is 0 Å². The lowest BCUT2D eigenvalue weighted by molar-refractivity contribution is -0.180. The molecule has 2 aliphatic heterocycles. The highest BCUT2D eigenvalue weighted by molar-refractivity contribution is 6.05. The Hall–Kier alpha value is -2.73. The van der Waals surface area contributed by atoms with Crippen molar-refractivity contribution in [2.45, 2.75) is 52.3 Å². The Morgan fingerprint density at radius 1 is 0.941 bits per heavy atom. The molecule has 8 unspecified atom stereocenters. The molecule has 2 saturated heterocycles. The summed E-state index contributed by atoms with van der Waals surface area (Å²) in [4.78, 5) is 46.9. The van der Waals surface area contributed by atoms with Gasteiger partial charge < -0.3 is 0 Å². The fourth-order valence-electron chi connectivity index (χ4n) is 6.96. The molecule has 180 valence electrons. The number of imide groups is 1. The van der Waals surface area contributed by atoms with E-state index < -0.39 is 0 Å². The fraction of sp³-hybridized carbons (Fsp3) is 0.536. The predicted molar refractivity (Wildman–Crippen MR) is 127 cm³/mol. The summed E-state index contributed by atoms with van der Waals surface area (Å²) in [5, 5.41) is 1.48. The van der Waals surface area contributed by atoms with Gasteiger partial charge in [0.2, 0.25) is 11.8 Å². The predicted octanol–water partition coefficient (Wildman–Crippen LogP) is 4.12. The van der Waals surface area contributed by atoms with Crippen LogP contribution in [0.15, 0.2) is 49.6 Å². The summed E-state index contributed by atoms with van der Waals surface area (Å²) in [6, 6.07) is 7.77. The van der Waals surface area contributed by atoms with Crippen LogP contribution in [0.3, 0.4) is 0 Å². The van der Waals surface area contributed by atoms with Gasteiger partial charge >= 0.3 is 0 Å². The second kappa shape index (κ2) is 8.81. The van der Waals surface area contributed by atoms with Crippen molar-refractivity contribution < 1.29 is 19.2 Å². The molecule has 0 N–H and O–H groups in total. The lowest BCUT2D eigenvalue weighted by Crippen LogP contribution is -2.33. The molecule has 0 radical (unpaired) electrons. The number of hydrogen-bond donors (Lipinski definition) is 0. The molecule has 2 aliphatic carbocycles. The van der Waals surface area contributed by atoms with Gasteiger partial charge in [-0.2, -0.15) is 0 Å². The molecular formula is C28H34N2O4. The number of benzene rings is 1. The highest BCUT2D eigenvalue weighted by atomic mass is 16.7. The first-order valence-electron chi connectivity index (χ1n) is 12.5. The highest BCUT2D eigenvalue weighted by Gasteiger charge is 2.56. The Bertz CT molecular complexity index is 1030. The molecule has 0 bridgehead atoms. The summed E-state index contributed by atoms with van der Waals surface area (Å²) in [5.41, 5.74) is 1.81. The highest BCUT2D eigenvalue weighted by Crippen LogP contribution is 2.49. The molecule has 1 aromatic carbocycles. The summed E-state index contributed by atoms with van der Waals surface area (Å²) >= 11 is 0. The van der Waals surface area contributed by atoms with Crippen LogP contribution in [-0.4, -0.2) is 33.8 Å². The third-order valence-electron chi connectivity index (χ3n) is 8.53. The maximum absolute atomic E-state index is 13.2. The number of hydrogen-bond acceptors (Lipinski definition) is 4. The molecule has 2 saturated carbocycles. The quantitative estimate of drug-likeness (QED) is 0.452. The molecule has 0 aromatic heterocycles. The van der Waals surface area contributed by atoms with Crippen molar-refractivity contribution in [1.29, 1.82) is 0 Å². The summed E-state index contributed by atoms with van der Waals surface area (Å²) in [5.74, 6) is 0.265. The number of allylic oxidation sites excluding steroid dienone is 1. The van der Waals surface area contributed by atoms with E-state index in [9.17, 15) is 14.4 Å². The molecule has 5 rings (SSSR count). The fourth-order valence-corrected chi connectivity index (χ4v) is 6.96. The Morgan fingerprint density at radius 3 is 2.32 bits per heavy atom. The Morgan fingerprint density at radius 2 is 1.62 bits per heavy atom. The van der Waals surface area contributed by atoms with Gasteiger partial charge in [-0.05, 0) is 48.1 Å². The van der Waals surface area contributed by atoms with Crippen molar-refractivity contribution in [3.05, 3.63) is 60.7 Å². The van der Waals surface area contributed by atoms with E-state index in [2.05, 4.69) is 27.0 Å². The number of carbonyl (C=O) groups is 3. The van der Waals surface area contributed by atoms with E-state index >= 15 is 0 Å². The number of likely N-dealkylation sites (tertiary alicyclic amines) is 1. The van der Waals surface area contributed by atoms with Gasteiger partial charge in [0.1, 0.15) is 6.10 Å². The van der Waals surface area contributed by atoms with Gasteiger partial charge in [-0.1, -0.05) is 50.3 Å². The van der Waals surface area contributed by atoms with Gasteiger partial charge in [0.05, 0.1) is 30.8 Å². The average molecular weight is 463 g/mol. The Kier molecular flexibility index (Phi) is 5.96. The largest absolute Gasteiger partial charge is 0.278 e. The summed E-state index contributed by atoms with van der Waals surface area (Å²) in [6.45, 7) is 12.5. The van der Waals surface area contributed by atoms with Crippen molar-refractivity contribution in [1.82, 2.24) is 9.96 Å². The lowest BCUT2D eigenvalue weighted by atomic mass is 9.88. The van der Waals surface area contributed by atoms with Crippen LogP contribution in [-0.2, 0) is 32.3 Å². The van der Waals surface area contributed by atoms with Crippen LogP contribution in [0.1, 0.15) is 44.2 Å². The molecule has 34 heavy (non-hydrogen) atoms. The van der Waals surface area contributed by atoms with Crippen LogP contribution in [0.25, 0.3) is 0 Å². The topological polar surface area (TPSA) is 66.9 Å².